The van der Waals surface area contributed by atoms with Crippen molar-refractivity contribution in [3.8, 4) is 5.75 Å². The SMILES string of the molecule is COc1ccc(CN2CCC(c3nc4cc(C)c(C)cc4[nH]3)CC2)cc1. The Bertz CT molecular complexity index is 851. The smallest absolute Gasteiger partial charge is 0.118 e. The summed E-state index contributed by atoms with van der Waals surface area (Å²) in [5, 5.41) is 0. The number of aryl methyl sites for hydroxylation is 2. The van der Waals surface area contributed by atoms with Gasteiger partial charge in [-0.3, -0.25) is 4.90 Å². The van der Waals surface area contributed by atoms with E-state index in [4.69, 9.17) is 9.72 Å². The Morgan fingerprint density at radius 1 is 1.08 bits per heavy atom. The zero-order valence-electron chi connectivity index (χ0n) is 15.9. The quantitative estimate of drug-likeness (QED) is 0.750. The summed E-state index contributed by atoms with van der Waals surface area (Å²) >= 11 is 0. The van der Waals surface area contributed by atoms with Crippen LogP contribution in [0.5, 0.6) is 5.75 Å². The number of ether oxygens (including phenoxy) is 1. The van der Waals surface area contributed by atoms with Crippen LogP contribution in [0.4, 0.5) is 0 Å². The highest BCUT2D eigenvalue weighted by Crippen LogP contribution is 2.29. The summed E-state index contributed by atoms with van der Waals surface area (Å²) in [5.41, 5.74) is 6.25. The monoisotopic (exact) mass is 349 g/mol. The molecule has 0 aliphatic carbocycles. The van der Waals surface area contributed by atoms with E-state index in [9.17, 15) is 0 Å². The lowest BCUT2D eigenvalue weighted by Crippen LogP contribution is -2.32. The van der Waals surface area contributed by atoms with Crippen LogP contribution >= 0.6 is 0 Å². The Morgan fingerprint density at radius 3 is 2.46 bits per heavy atom. The van der Waals surface area contributed by atoms with E-state index < -0.39 is 0 Å². The van der Waals surface area contributed by atoms with Gasteiger partial charge in [0.2, 0.25) is 0 Å². The van der Waals surface area contributed by atoms with Crippen molar-refractivity contribution in [2.75, 3.05) is 20.2 Å². The molecule has 0 saturated carbocycles. The van der Waals surface area contributed by atoms with Gasteiger partial charge in [-0.1, -0.05) is 12.1 Å². The maximum absolute atomic E-state index is 5.24. The van der Waals surface area contributed by atoms with E-state index in [-0.39, 0.29) is 0 Å². The van der Waals surface area contributed by atoms with E-state index in [1.807, 2.05) is 12.1 Å². The number of methoxy groups -OCH3 is 1. The summed E-state index contributed by atoms with van der Waals surface area (Å²) in [6.45, 7) is 7.56. The molecule has 1 fully saturated rings. The van der Waals surface area contributed by atoms with Gasteiger partial charge >= 0.3 is 0 Å². The fourth-order valence-electron chi connectivity index (χ4n) is 3.84. The Kier molecular flexibility index (Phi) is 4.68. The van der Waals surface area contributed by atoms with Crippen LogP contribution in [-0.2, 0) is 6.54 Å². The zero-order valence-corrected chi connectivity index (χ0v) is 15.9. The fourth-order valence-corrected chi connectivity index (χ4v) is 3.84. The van der Waals surface area contributed by atoms with Gasteiger partial charge in [-0.2, -0.15) is 0 Å². The Hall–Kier alpha value is -2.33. The van der Waals surface area contributed by atoms with Crippen molar-refractivity contribution < 1.29 is 4.74 Å². The highest BCUT2D eigenvalue weighted by Gasteiger charge is 2.23. The molecule has 1 aromatic heterocycles. The second kappa shape index (κ2) is 7.12. The molecule has 0 radical (unpaired) electrons. The van der Waals surface area contributed by atoms with Gasteiger partial charge in [0.15, 0.2) is 0 Å². The largest absolute Gasteiger partial charge is 0.497 e. The molecule has 3 aromatic rings. The molecule has 1 aliphatic rings. The Morgan fingerprint density at radius 2 is 1.77 bits per heavy atom. The van der Waals surface area contributed by atoms with E-state index in [0.717, 1.165) is 49.6 Å². The molecular formula is C22H27N3O. The minimum absolute atomic E-state index is 0.537. The Labute approximate surface area is 155 Å². The third kappa shape index (κ3) is 3.47. The second-order valence-electron chi connectivity index (χ2n) is 7.47. The molecular weight excluding hydrogens is 322 g/mol. The lowest BCUT2D eigenvalue weighted by Gasteiger charge is -2.31. The molecule has 0 amide bonds. The van der Waals surface area contributed by atoms with Crippen molar-refractivity contribution in [3.05, 3.63) is 58.9 Å². The van der Waals surface area contributed by atoms with Crippen LogP contribution in [0.15, 0.2) is 36.4 Å². The van der Waals surface area contributed by atoms with Crippen LogP contribution in [0.3, 0.4) is 0 Å². The number of imidazole rings is 1. The summed E-state index contributed by atoms with van der Waals surface area (Å²) in [5.74, 6) is 2.62. The minimum Gasteiger partial charge on any atom is -0.497 e. The number of nitrogens with one attached hydrogen (secondary N) is 1. The second-order valence-corrected chi connectivity index (χ2v) is 7.47. The third-order valence-corrected chi connectivity index (χ3v) is 5.66. The maximum Gasteiger partial charge on any atom is 0.118 e. The molecule has 0 atom stereocenters. The van der Waals surface area contributed by atoms with E-state index in [1.54, 1.807) is 7.11 Å². The summed E-state index contributed by atoms with van der Waals surface area (Å²) in [4.78, 5) is 11.0. The third-order valence-electron chi connectivity index (χ3n) is 5.66. The number of rotatable bonds is 4. The van der Waals surface area contributed by atoms with Crippen molar-refractivity contribution in [2.45, 2.75) is 39.2 Å². The molecule has 1 aliphatic heterocycles. The first-order chi connectivity index (χ1) is 12.6. The van der Waals surface area contributed by atoms with Crippen molar-refractivity contribution in [1.29, 1.82) is 0 Å². The molecule has 26 heavy (non-hydrogen) atoms. The molecule has 2 heterocycles. The Balaban J connectivity index is 1.40. The summed E-state index contributed by atoms with van der Waals surface area (Å²) in [6, 6.07) is 12.8. The highest BCUT2D eigenvalue weighted by atomic mass is 16.5. The van der Waals surface area contributed by atoms with E-state index in [1.165, 1.54) is 22.2 Å². The van der Waals surface area contributed by atoms with Gasteiger partial charge in [0.25, 0.3) is 0 Å². The number of nitrogens with zero attached hydrogens (tertiary/aromatic N) is 2. The normalized spacial score (nSPS) is 16.3. The molecule has 4 rings (SSSR count). The van der Waals surface area contributed by atoms with Crippen molar-refractivity contribution in [1.82, 2.24) is 14.9 Å². The number of fused-ring (bicyclic) bond motifs is 1. The molecule has 1 saturated heterocycles. The lowest BCUT2D eigenvalue weighted by molar-refractivity contribution is 0.202. The number of benzene rings is 2. The zero-order chi connectivity index (χ0) is 18.1. The molecule has 4 nitrogen and oxygen atoms in total. The predicted molar refractivity (Wildman–Crippen MR) is 106 cm³/mol. The average molecular weight is 349 g/mol. The number of aromatic amines is 1. The van der Waals surface area contributed by atoms with Crippen LogP contribution in [0, 0.1) is 13.8 Å². The molecule has 0 bridgehead atoms. The molecule has 1 N–H and O–H groups in total. The van der Waals surface area contributed by atoms with Crippen LogP contribution < -0.4 is 4.74 Å². The predicted octanol–water partition coefficient (Wildman–Crippen LogP) is 4.57. The number of aromatic nitrogens is 2. The highest BCUT2D eigenvalue weighted by molar-refractivity contribution is 5.77. The van der Waals surface area contributed by atoms with Crippen LogP contribution in [-0.4, -0.2) is 35.1 Å². The lowest BCUT2D eigenvalue weighted by atomic mass is 9.96. The standard InChI is InChI=1S/C22H27N3O/c1-15-12-20-21(13-16(15)2)24-22(23-20)18-8-10-25(11-9-18)14-17-4-6-19(26-3)7-5-17/h4-7,12-13,18H,8-11,14H2,1-3H3,(H,23,24). The number of piperidine rings is 1. The summed E-state index contributed by atoms with van der Waals surface area (Å²) < 4.78 is 5.24. The summed E-state index contributed by atoms with van der Waals surface area (Å²) in [7, 11) is 1.71. The first-order valence-corrected chi connectivity index (χ1v) is 9.44. The summed E-state index contributed by atoms with van der Waals surface area (Å²) in [6.07, 6.45) is 2.32. The number of likely N-dealkylation sites (tertiary alicyclic amines) is 1. The van der Waals surface area contributed by atoms with Gasteiger partial charge < -0.3 is 9.72 Å². The van der Waals surface area contributed by atoms with Gasteiger partial charge in [0, 0.05) is 12.5 Å². The minimum atomic E-state index is 0.537. The van der Waals surface area contributed by atoms with Gasteiger partial charge in [-0.25, -0.2) is 4.98 Å². The molecule has 136 valence electrons. The molecule has 0 spiro atoms. The topological polar surface area (TPSA) is 41.1 Å². The van der Waals surface area contributed by atoms with E-state index in [2.05, 4.69) is 48.0 Å². The van der Waals surface area contributed by atoms with Crippen LogP contribution in [0.25, 0.3) is 11.0 Å². The number of hydrogen-bond acceptors (Lipinski definition) is 3. The van der Waals surface area contributed by atoms with E-state index in [0.29, 0.717) is 5.92 Å². The van der Waals surface area contributed by atoms with Crippen LogP contribution in [0.1, 0.15) is 41.3 Å². The van der Waals surface area contributed by atoms with Gasteiger partial charge in [-0.15, -0.1) is 0 Å². The maximum atomic E-state index is 5.24. The van der Waals surface area contributed by atoms with Crippen LogP contribution in [0.2, 0.25) is 0 Å². The average Bonchev–Trinajstić information content (AvgIpc) is 3.06. The molecule has 0 unspecified atom stereocenters. The van der Waals surface area contributed by atoms with E-state index >= 15 is 0 Å². The van der Waals surface area contributed by atoms with Gasteiger partial charge in [0.05, 0.1) is 18.1 Å². The van der Waals surface area contributed by atoms with Crippen molar-refractivity contribution >= 4 is 11.0 Å². The van der Waals surface area contributed by atoms with Crippen molar-refractivity contribution in [3.63, 3.8) is 0 Å². The first-order valence-electron chi connectivity index (χ1n) is 9.44. The van der Waals surface area contributed by atoms with Crippen molar-refractivity contribution in [2.24, 2.45) is 0 Å². The number of H-pyrrole nitrogens is 1. The molecule has 2 aromatic carbocycles. The van der Waals surface area contributed by atoms with Gasteiger partial charge in [-0.05, 0) is 80.7 Å². The first kappa shape index (κ1) is 17.1. The molecule has 4 heteroatoms. The number of hydrogen-bond donors (Lipinski definition) is 1. The fraction of sp³-hybridized carbons (Fsp3) is 0.409. The van der Waals surface area contributed by atoms with Gasteiger partial charge in [0.1, 0.15) is 11.6 Å².